The van der Waals surface area contributed by atoms with Crippen molar-refractivity contribution < 1.29 is 5.11 Å². The van der Waals surface area contributed by atoms with Gasteiger partial charge in [-0.1, -0.05) is 31.2 Å². The van der Waals surface area contributed by atoms with Crippen LogP contribution < -0.4 is 0 Å². The Kier molecular flexibility index (Phi) is 3.49. The van der Waals surface area contributed by atoms with Gasteiger partial charge in [-0.25, -0.2) is 0 Å². The van der Waals surface area contributed by atoms with Gasteiger partial charge in [0.15, 0.2) is 5.82 Å². The summed E-state index contributed by atoms with van der Waals surface area (Å²) in [7, 11) is 1.71. The Morgan fingerprint density at radius 3 is 2.53 bits per heavy atom. The van der Waals surface area contributed by atoms with Gasteiger partial charge in [-0.15, -0.1) is 10.2 Å². The molecule has 0 aliphatic heterocycles. The number of benzene rings is 1. The number of aliphatic hydroxyl groups excluding tert-OH is 1. The van der Waals surface area contributed by atoms with Crippen LogP contribution >= 0.6 is 0 Å². The van der Waals surface area contributed by atoms with Crippen LogP contribution in [0.3, 0.4) is 0 Å². The Morgan fingerprint density at radius 2 is 2.00 bits per heavy atom. The van der Waals surface area contributed by atoms with Crippen LogP contribution in [0.2, 0.25) is 0 Å². The third-order valence-electron chi connectivity index (χ3n) is 2.70. The van der Waals surface area contributed by atoms with Gasteiger partial charge in [0.25, 0.3) is 0 Å². The lowest BCUT2D eigenvalue weighted by molar-refractivity contribution is 0.175. The zero-order valence-electron chi connectivity index (χ0n) is 10.0. The standard InChI is InChI=1S/C12H16N4O/c1-3-9-4-6-10(7-5-9)11(17)8-12-13-15-16(2)14-12/h4-7,11,17H,3,8H2,1-2H3. The quantitative estimate of drug-likeness (QED) is 0.855. The van der Waals surface area contributed by atoms with E-state index in [1.807, 2.05) is 24.3 Å². The Balaban J connectivity index is 2.06. The first-order valence-corrected chi connectivity index (χ1v) is 5.69. The maximum Gasteiger partial charge on any atom is 0.177 e. The molecule has 17 heavy (non-hydrogen) atoms. The molecule has 1 N–H and O–H groups in total. The molecule has 1 atom stereocenters. The van der Waals surface area contributed by atoms with Crippen LogP contribution in [0.1, 0.15) is 30.0 Å². The van der Waals surface area contributed by atoms with E-state index in [0.29, 0.717) is 12.2 Å². The molecule has 0 aliphatic carbocycles. The normalized spacial score (nSPS) is 12.6. The fourth-order valence-corrected chi connectivity index (χ4v) is 1.67. The van der Waals surface area contributed by atoms with E-state index in [1.54, 1.807) is 7.05 Å². The van der Waals surface area contributed by atoms with Crippen LogP contribution in [0, 0.1) is 0 Å². The van der Waals surface area contributed by atoms with E-state index < -0.39 is 6.10 Å². The minimum atomic E-state index is -0.579. The summed E-state index contributed by atoms with van der Waals surface area (Å²) in [6.45, 7) is 2.11. The third-order valence-corrected chi connectivity index (χ3v) is 2.70. The van der Waals surface area contributed by atoms with E-state index in [4.69, 9.17) is 0 Å². The number of aliphatic hydroxyl groups is 1. The summed E-state index contributed by atoms with van der Waals surface area (Å²) >= 11 is 0. The second-order valence-corrected chi connectivity index (χ2v) is 4.01. The molecule has 2 aromatic rings. The molecule has 0 amide bonds. The Bertz CT molecular complexity index is 478. The van der Waals surface area contributed by atoms with Gasteiger partial charge >= 0.3 is 0 Å². The van der Waals surface area contributed by atoms with Gasteiger partial charge < -0.3 is 5.11 Å². The smallest absolute Gasteiger partial charge is 0.177 e. The van der Waals surface area contributed by atoms with Gasteiger partial charge in [0, 0.05) is 6.42 Å². The Morgan fingerprint density at radius 1 is 1.29 bits per heavy atom. The average Bonchev–Trinajstić information content (AvgIpc) is 2.75. The Hall–Kier alpha value is -1.75. The molecule has 5 heteroatoms. The van der Waals surface area contributed by atoms with Crippen LogP contribution in [0.25, 0.3) is 0 Å². The van der Waals surface area contributed by atoms with E-state index in [2.05, 4.69) is 22.3 Å². The fraction of sp³-hybridized carbons (Fsp3) is 0.417. The molecule has 0 radical (unpaired) electrons. The van der Waals surface area contributed by atoms with E-state index in [0.717, 1.165) is 12.0 Å². The number of aryl methyl sites for hydroxylation is 2. The predicted octanol–water partition coefficient (Wildman–Crippen LogP) is 1.05. The molecule has 0 fully saturated rings. The zero-order chi connectivity index (χ0) is 12.3. The summed E-state index contributed by atoms with van der Waals surface area (Å²) in [6.07, 6.45) is 0.812. The van der Waals surface area contributed by atoms with Crippen LogP contribution in [-0.4, -0.2) is 25.3 Å². The van der Waals surface area contributed by atoms with Gasteiger partial charge in [0.2, 0.25) is 0 Å². The summed E-state index contributed by atoms with van der Waals surface area (Å²) in [5.41, 5.74) is 2.15. The molecule has 1 aromatic heterocycles. The molecule has 0 saturated carbocycles. The van der Waals surface area contributed by atoms with Crippen LogP contribution in [0.4, 0.5) is 0 Å². The lowest BCUT2D eigenvalue weighted by Crippen LogP contribution is -2.04. The number of aromatic nitrogens is 4. The first kappa shape index (κ1) is 11.7. The van der Waals surface area contributed by atoms with Crippen molar-refractivity contribution in [2.45, 2.75) is 25.9 Å². The van der Waals surface area contributed by atoms with E-state index in [-0.39, 0.29) is 0 Å². The number of nitrogens with zero attached hydrogens (tertiary/aromatic N) is 4. The fourth-order valence-electron chi connectivity index (χ4n) is 1.67. The number of tetrazole rings is 1. The van der Waals surface area contributed by atoms with Gasteiger partial charge in [-0.3, -0.25) is 0 Å². The molecule has 0 spiro atoms. The molecule has 2 rings (SSSR count). The van der Waals surface area contributed by atoms with E-state index in [9.17, 15) is 5.11 Å². The molecule has 1 aromatic carbocycles. The Labute approximate surface area is 100 Å². The van der Waals surface area contributed by atoms with E-state index >= 15 is 0 Å². The minimum Gasteiger partial charge on any atom is -0.388 e. The van der Waals surface area contributed by atoms with Crippen molar-refractivity contribution in [2.75, 3.05) is 0 Å². The van der Waals surface area contributed by atoms with Crippen molar-refractivity contribution in [2.24, 2.45) is 7.05 Å². The first-order valence-electron chi connectivity index (χ1n) is 5.69. The zero-order valence-corrected chi connectivity index (χ0v) is 10.0. The van der Waals surface area contributed by atoms with Crippen molar-refractivity contribution >= 4 is 0 Å². The molecule has 0 bridgehead atoms. The average molecular weight is 232 g/mol. The minimum absolute atomic E-state index is 0.388. The third kappa shape index (κ3) is 2.88. The van der Waals surface area contributed by atoms with Crippen molar-refractivity contribution in [1.29, 1.82) is 0 Å². The van der Waals surface area contributed by atoms with Crippen molar-refractivity contribution in [3.05, 3.63) is 41.2 Å². The van der Waals surface area contributed by atoms with Crippen molar-refractivity contribution in [3.8, 4) is 0 Å². The molecular formula is C12H16N4O. The number of hydrogen-bond acceptors (Lipinski definition) is 4. The topological polar surface area (TPSA) is 63.8 Å². The molecule has 90 valence electrons. The van der Waals surface area contributed by atoms with Gasteiger partial charge in [-0.2, -0.15) is 4.80 Å². The molecule has 0 aliphatic rings. The summed E-state index contributed by atoms with van der Waals surface area (Å²) in [5.74, 6) is 0.555. The van der Waals surface area contributed by atoms with E-state index in [1.165, 1.54) is 10.4 Å². The summed E-state index contributed by atoms with van der Waals surface area (Å²) in [6, 6.07) is 7.95. The molecule has 1 unspecified atom stereocenters. The van der Waals surface area contributed by atoms with Crippen molar-refractivity contribution in [1.82, 2.24) is 20.2 Å². The summed E-state index contributed by atoms with van der Waals surface area (Å²) in [4.78, 5) is 1.39. The highest BCUT2D eigenvalue weighted by molar-refractivity contribution is 5.24. The lowest BCUT2D eigenvalue weighted by Gasteiger charge is -2.08. The van der Waals surface area contributed by atoms with Gasteiger partial charge in [0.05, 0.1) is 13.2 Å². The predicted molar refractivity (Wildman–Crippen MR) is 63.3 cm³/mol. The summed E-state index contributed by atoms with van der Waals surface area (Å²) < 4.78 is 0. The molecular weight excluding hydrogens is 216 g/mol. The van der Waals surface area contributed by atoms with Crippen LogP contribution in [0.5, 0.6) is 0 Å². The highest BCUT2D eigenvalue weighted by Gasteiger charge is 2.11. The highest BCUT2D eigenvalue weighted by Crippen LogP contribution is 2.17. The second-order valence-electron chi connectivity index (χ2n) is 4.01. The van der Waals surface area contributed by atoms with Gasteiger partial charge in [0.1, 0.15) is 0 Å². The number of hydrogen-bond donors (Lipinski definition) is 1. The lowest BCUT2D eigenvalue weighted by atomic mass is 10.0. The maximum absolute atomic E-state index is 10.0. The maximum atomic E-state index is 10.0. The van der Waals surface area contributed by atoms with Crippen LogP contribution in [0.15, 0.2) is 24.3 Å². The highest BCUT2D eigenvalue weighted by atomic mass is 16.3. The molecule has 1 heterocycles. The number of rotatable bonds is 4. The monoisotopic (exact) mass is 232 g/mol. The molecule has 0 saturated heterocycles. The summed E-state index contributed by atoms with van der Waals surface area (Å²) in [5, 5.41) is 21.7. The van der Waals surface area contributed by atoms with Crippen molar-refractivity contribution in [3.63, 3.8) is 0 Å². The SMILES string of the molecule is CCc1ccc(C(O)Cc2nnn(C)n2)cc1. The molecule has 5 nitrogen and oxygen atoms in total. The van der Waals surface area contributed by atoms with Crippen LogP contribution in [-0.2, 0) is 19.9 Å². The second kappa shape index (κ2) is 5.05. The first-order chi connectivity index (χ1) is 8.19. The largest absolute Gasteiger partial charge is 0.388 e. The van der Waals surface area contributed by atoms with Gasteiger partial charge in [-0.05, 0) is 22.8 Å².